The van der Waals surface area contributed by atoms with E-state index in [1.54, 1.807) is 0 Å². The number of alkyl halides is 1. The van der Waals surface area contributed by atoms with Gasteiger partial charge in [-0.05, 0) is 30.0 Å². The molecular weight excluding hydrogens is 246 g/mol. The lowest BCUT2D eigenvalue weighted by Gasteiger charge is -2.18. The van der Waals surface area contributed by atoms with Crippen molar-refractivity contribution >= 4 is 11.6 Å². The first-order valence-electron chi connectivity index (χ1n) is 6.05. The number of oxazole rings is 1. The number of hydrogen-bond donors (Lipinski definition) is 0. The summed E-state index contributed by atoms with van der Waals surface area (Å²) in [5.74, 6) is 1.82. The highest BCUT2D eigenvalue weighted by Crippen LogP contribution is 2.27. The van der Waals surface area contributed by atoms with Gasteiger partial charge in [-0.15, -0.1) is 11.6 Å². The van der Waals surface area contributed by atoms with Crippen molar-refractivity contribution in [3.05, 3.63) is 41.3 Å². The Bertz CT molecular complexity index is 535. The highest BCUT2D eigenvalue weighted by Gasteiger charge is 2.15. The number of nitrogens with zero attached hydrogens (tertiary/aromatic N) is 1. The minimum Gasteiger partial charge on any atom is -0.441 e. The Kier molecular flexibility index (Phi) is 3.49. The monoisotopic (exact) mass is 263 g/mol. The van der Waals surface area contributed by atoms with Crippen molar-refractivity contribution in [3.8, 4) is 11.5 Å². The van der Waals surface area contributed by atoms with Gasteiger partial charge in [0.05, 0.1) is 11.6 Å². The van der Waals surface area contributed by atoms with Crippen LogP contribution in [0.15, 0.2) is 28.7 Å². The molecule has 0 N–H and O–H groups in total. The molecule has 2 rings (SSSR count). The summed E-state index contributed by atoms with van der Waals surface area (Å²) in [6, 6.07) is 8.33. The van der Waals surface area contributed by atoms with Gasteiger partial charge in [-0.3, -0.25) is 0 Å². The molecule has 0 saturated carbocycles. The third-order valence-corrected chi connectivity index (χ3v) is 3.27. The normalized spacial score (nSPS) is 11.8. The number of rotatable bonds is 2. The number of benzene rings is 1. The van der Waals surface area contributed by atoms with Gasteiger partial charge in [0.2, 0.25) is 5.89 Å². The molecule has 0 bridgehead atoms. The first kappa shape index (κ1) is 13.2. The van der Waals surface area contributed by atoms with E-state index in [0.29, 0.717) is 11.8 Å². The minimum atomic E-state index is 0.159. The van der Waals surface area contributed by atoms with E-state index in [2.05, 4.69) is 37.9 Å². The zero-order chi connectivity index (χ0) is 13.3. The predicted octanol–water partition coefficient (Wildman–Crippen LogP) is 4.69. The molecule has 0 radical (unpaired) electrons. The van der Waals surface area contributed by atoms with E-state index in [1.165, 1.54) is 5.56 Å². The molecule has 0 unspecified atom stereocenters. The molecule has 1 aromatic carbocycles. The zero-order valence-electron chi connectivity index (χ0n) is 11.2. The maximum atomic E-state index is 5.80. The highest BCUT2D eigenvalue weighted by molar-refractivity contribution is 6.16. The lowest BCUT2D eigenvalue weighted by Crippen LogP contribution is -2.10. The molecule has 1 aromatic heterocycles. The van der Waals surface area contributed by atoms with Crippen molar-refractivity contribution in [2.75, 3.05) is 0 Å². The molecule has 2 nitrogen and oxygen atoms in total. The summed E-state index contributed by atoms with van der Waals surface area (Å²) >= 11 is 5.80. The van der Waals surface area contributed by atoms with E-state index < -0.39 is 0 Å². The number of aromatic nitrogens is 1. The van der Waals surface area contributed by atoms with Crippen molar-refractivity contribution in [2.24, 2.45) is 0 Å². The number of aryl methyl sites for hydroxylation is 1. The average Bonchev–Trinajstić information content (AvgIpc) is 2.69. The largest absolute Gasteiger partial charge is 0.441 e. The number of halogens is 1. The Morgan fingerprint density at radius 1 is 1.17 bits per heavy atom. The van der Waals surface area contributed by atoms with Crippen LogP contribution in [0.3, 0.4) is 0 Å². The van der Waals surface area contributed by atoms with Crippen molar-refractivity contribution < 1.29 is 4.42 Å². The third-order valence-electron chi connectivity index (χ3n) is 3.02. The average molecular weight is 264 g/mol. The molecule has 0 aliphatic rings. The molecule has 0 amide bonds. The fourth-order valence-corrected chi connectivity index (χ4v) is 2.04. The van der Waals surface area contributed by atoms with Crippen LogP contribution in [0.2, 0.25) is 0 Å². The van der Waals surface area contributed by atoms with E-state index in [9.17, 15) is 0 Å². The lowest BCUT2D eigenvalue weighted by molar-refractivity contribution is 0.540. The van der Waals surface area contributed by atoms with E-state index in [0.717, 1.165) is 17.0 Å². The molecule has 0 fully saturated rings. The zero-order valence-corrected chi connectivity index (χ0v) is 12.0. The van der Waals surface area contributed by atoms with Gasteiger partial charge in [0.25, 0.3) is 0 Å². The third kappa shape index (κ3) is 2.59. The smallest absolute Gasteiger partial charge is 0.226 e. The molecule has 2 aromatic rings. The Balaban J connectivity index is 2.34. The van der Waals surface area contributed by atoms with Gasteiger partial charge >= 0.3 is 0 Å². The van der Waals surface area contributed by atoms with Crippen LogP contribution in [0.4, 0.5) is 0 Å². The second kappa shape index (κ2) is 4.77. The van der Waals surface area contributed by atoms with Crippen molar-refractivity contribution in [1.82, 2.24) is 4.98 Å². The molecule has 0 spiro atoms. The summed E-state index contributed by atoms with van der Waals surface area (Å²) in [4.78, 5) is 4.39. The topological polar surface area (TPSA) is 26.0 Å². The van der Waals surface area contributed by atoms with Gasteiger partial charge in [0, 0.05) is 5.56 Å². The molecule has 96 valence electrons. The second-order valence-electron chi connectivity index (χ2n) is 5.48. The van der Waals surface area contributed by atoms with Crippen molar-refractivity contribution in [3.63, 3.8) is 0 Å². The maximum Gasteiger partial charge on any atom is 0.226 e. The van der Waals surface area contributed by atoms with Crippen molar-refractivity contribution in [2.45, 2.75) is 39.0 Å². The second-order valence-corrected chi connectivity index (χ2v) is 5.75. The molecule has 18 heavy (non-hydrogen) atoms. The molecule has 0 atom stereocenters. The van der Waals surface area contributed by atoms with Crippen LogP contribution in [0.25, 0.3) is 11.5 Å². The molecule has 0 aliphatic carbocycles. The molecule has 3 heteroatoms. The van der Waals surface area contributed by atoms with E-state index in [-0.39, 0.29) is 5.41 Å². The van der Waals surface area contributed by atoms with Gasteiger partial charge in [0.15, 0.2) is 0 Å². The van der Waals surface area contributed by atoms with Gasteiger partial charge in [-0.1, -0.05) is 32.9 Å². The maximum absolute atomic E-state index is 5.80. The Labute approximate surface area is 113 Å². The Morgan fingerprint density at radius 3 is 2.22 bits per heavy atom. The fraction of sp³-hybridized carbons (Fsp3) is 0.400. The minimum absolute atomic E-state index is 0.159. The first-order valence-corrected chi connectivity index (χ1v) is 6.58. The lowest BCUT2D eigenvalue weighted by atomic mass is 9.87. The summed E-state index contributed by atoms with van der Waals surface area (Å²) in [5, 5.41) is 0. The molecule has 1 heterocycles. The van der Waals surface area contributed by atoms with Crippen LogP contribution < -0.4 is 0 Å². The van der Waals surface area contributed by atoms with Gasteiger partial charge in [0.1, 0.15) is 5.76 Å². The van der Waals surface area contributed by atoms with Crippen LogP contribution >= 0.6 is 11.6 Å². The summed E-state index contributed by atoms with van der Waals surface area (Å²) < 4.78 is 5.62. The summed E-state index contributed by atoms with van der Waals surface area (Å²) in [5.41, 5.74) is 3.26. The van der Waals surface area contributed by atoms with Gasteiger partial charge < -0.3 is 4.42 Å². The molecule has 0 aliphatic heterocycles. The standard InChI is InChI=1S/C15H18ClNO/c1-10-13(9-16)17-14(18-10)11-5-7-12(8-6-11)15(2,3)4/h5-8H,9H2,1-4H3. The first-order chi connectivity index (χ1) is 8.41. The summed E-state index contributed by atoms with van der Waals surface area (Å²) in [6.07, 6.45) is 0. The quantitative estimate of drug-likeness (QED) is 0.735. The Morgan fingerprint density at radius 2 is 1.78 bits per heavy atom. The van der Waals surface area contributed by atoms with Gasteiger partial charge in [-0.25, -0.2) is 4.98 Å². The number of hydrogen-bond acceptors (Lipinski definition) is 2. The predicted molar refractivity (Wildman–Crippen MR) is 74.9 cm³/mol. The van der Waals surface area contributed by atoms with Gasteiger partial charge in [-0.2, -0.15) is 0 Å². The summed E-state index contributed by atoms with van der Waals surface area (Å²) in [7, 11) is 0. The fourth-order valence-electron chi connectivity index (χ4n) is 1.79. The Hall–Kier alpha value is -1.28. The summed E-state index contributed by atoms with van der Waals surface area (Å²) in [6.45, 7) is 8.48. The molecule has 0 saturated heterocycles. The van der Waals surface area contributed by atoms with Crippen molar-refractivity contribution in [1.29, 1.82) is 0 Å². The van der Waals surface area contributed by atoms with Crippen LogP contribution in [0.1, 0.15) is 37.8 Å². The van der Waals surface area contributed by atoms with Crippen LogP contribution in [0, 0.1) is 6.92 Å². The van der Waals surface area contributed by atoms with Crippen LogP contribution in [-0.2, 0) is 11.3 Å². The van der Waals surface area contributed by atoms with E-state index in [1.807, 2.05) is 19.1 Å². The van der Waals surface area contributed by atoms with Crippen LogP contribution in [-0.4, -0.2) is 4.98 Å². The highest BCUT2D eigenvalue weighted by atomic mass is 35.5. The van der Waals surface area contributed by atoms with Crippen LogP contribution in [0.5, 0.6) is 0 Å². The molecular formula is C15H18ClNO. The van der Waals surface area contributed by atoms with E-state index >= 15 is 0 Å². The van der Waals surface area contributed by atoms with E-state index in [4.69, 9.17) is 16.0 Å². The SMILES string of the molecule is Cc1oc(-c2ccc(C(C)(C)C)cc2)nc1CCl.